The second-order valence-corrected chi connectivity index (χ2v) is 11.3. The van der Waals surface area contributed by atoms with Crippen molar-refractivity contribution in [3.05, 3.63) is 54.1 Å². The van der Waals surface area contributed by atoms with Crippen LogP contribution in [0.3, 0.4) is 0 Å². The standard InChI is InChI=1S/C30H41N5O3/c1-30(2,3)27(28(37)38)22-15-16-26(36)35(25-14-8-5-11-21(22)25)20-19-31-17-9-4-10-18-32-29-33-23-12-6-7-13-24(23)34-29/h5-8,11-14,22,27,31H,4,9-10,15-20H2,1-3H3,(H,37,38)(H2,32,33,34). The highest BCUT2D eigenvalue weighted by Crippen LogP contribution is 2.45. The molecule has 1 aliphatic heterocycles. The van der Waals surface area contributed by atoms with Crippen LogP contribution < -0.4 is 15.5 Å². The summed E-state index contributed by atoms with van der Waals surface area (Å²) < 4.78 is 0. The Balaban J connectivity index is 1.23. The number of hydrogen-bond acceptors (Lipinski definition) is 5. The average Bonchev–Trinajstić information content (AvgIpc) is 3.24. The lowest BCUT2D eigenvalue weighted by Gasteiger charge is -2.34. The van der Waals surface area contributed by atoms with Gasteiger partial charge in [-0.3, -0.25) is 9.59 Å². The van der Waals surface area contributed by atoms with E-state index in [1.807, 2.05) is 74.2 Å². The van der Waals surface area contributed by atoms with Crippen molar-refractivity contribution in [2.75, 3.05) is 36.4 Å². The highest BCUT2D eigenvalue weighted by atomic mass is 16.4. The zero-order valence-corrected chi connectivity index (χ0v) is 22.8. The van der Waals surface area contributed by atoms with Gasteiger partial charge < -0.3 is 25.6 Å². The smallest absolute Gasteiger partial charge is 0.307 e. The summed E-state index contributed by atoms with van der Waals surface area (Å²) in [6, 6.07) is 15.8. The molecule has 2 atom stereocenters. The fourth-order valence-electron chi connectivity index (χ4n) is 5.60. The van der Waals surface area contributed by atoms with Gasteiger partial charge in [0.2, 0.25) is 11.9 Å². The topological polar surface area (TPSA) is 110 Å². The molecule has 0 radical (unpaired) electrons. The quantitative estimate of drug-likeness (QED) is 0.239. The third-order valence-electron chi connectivity index (χ3n) is 7.42. The van der Waals surface area contributed by atoms with Crippen LogP contribution in [0.5, 0.6) is 0 Å². The molecular formula is C30H41N5O3. The molecule has 8 heteroatoms. The number of nitrogens with zero attached hydrogens (tertiary/aromatic N) is 2. The molecule has 38 heavy (non-hydrogen) atoms. The van der Waals surface area contributed by atoms with Gasteiger partial charge in [-0.05, 0) is 55.0 Å². The summed E-state index contributed by atoms with van der Waals surface area (Å²) >= 11 is 0. The zero-order valence-electron chi connectivity index (χ0n) is 22.8. The number of rotatable bonds is 12. The molecule has 0 saturated heterocycles. The van der Waals surface area contributed by atoms with Crippen LogP contribution in [0.2, 0.25) is 0 Å². The minimum Gasteiger partial charge on any atom is -0.481 e. The number of benzene rings is 2. The summed E-state index contributed by atoms with van der Waals surface area (Å²) in [5.41, 5.74) is 3.42. The minimum absolute atomic E-state index is 0.0662. The number of fused-ring (bicyclic) bond motifs is 2. The summed E-state index contributed by atoms with van der Waals surface area (Å²) in [7, 11) is 0. The van der Waals surface area contributed by atoms with E-state index in [0.29, 0.717) is 25.9 Å². The molecule has 204 valence electrons. The van der Waals surface area contributed by atoms with Gasteiger partial charge in [-0.15, -0.1) is 0 Å². The molecule has 0 fully saturated rings. The summed E-state index contributed by atoms with van der Waals surface area (Å²) in [6.45, 7) is 8.94. The first kappa shape index (κ1) is 27.6. The predicted octanol–water partition coefficient (Wildman–Crippen LogP) is 5.39. The molecule has 2 heterocycles. The van der Waals surface area contributed by atoms with Gasteiger partial charge in [-0.25, -0.2) is 4.98 Å². The molecule has 0 aliphatic carbocycles. The van der Waals surface area contributed by atoms with E-state index in [4.69, 9.17) is 0 Å². The Morgan fingerprint density at radius 1 is 1.08 bits per heavy atom. The maximum absolute atomic E-state index is 13.1. The van der Waals surface area contributed by atoms with Gasteiger partial charge in [0.1, 0.15) is 0 Å². The van der Waals surface area contributed by atoms with Crippen molar-refractivity contribution in [3.63, 3.8) is 0 Å². The Hall–Kier alpha value is -3.39. The van der Waals surface area contributed by atoms with Crippen LogP contribution in [-0.2, 0) is 9.59 Å². The molecule has 2 aromatic carbocycles. The van der Waals surface area contributed by atoms with Gasteiger partial charge in [-0.2, -0.15) is 0 Å². The number of anilines is 2. The number of H-pyrrole nitrogens is 1. The second kappa shape index (κ2) is 12.4. The summed E-state index contributed by atoms with van der Waals surface area (Å²) in [5.74, 6) is -0.676. The minimum atomic E-state index is -0.798. The number of aromatic nitrogens is 2. The van der Waals surface area contributed by atoms with Crippen molar-refractivity contribution >= 4 is 34.5 Å². The van der Waals surface area contributed by atoms with Crippen molar-refractivity contribution in [3.8, 4) is 0 Å². The number of unbranched alkanes of at least 4 members (excludes halogenated alkanes) is 2. The first-order valence-corrected chi connectivity index (χ1v) is 13.8. The molecule has 4 rings (SSSR count). The number of carboxylic acids is 1. The molecule has 0 spiro atoms. The number of carbonyl (C=O) groups is 2. The Morgan fingerprint density at radius 3 is 2.58 bits per heavy atom. The molecule has 2 unspecified atom stereocenters. The number of hydrogen-bond donors (Lipinski definition) is 4. The van der Waals surface area contributed by atoms with Crippen LogP contribution in [0.25, 0.3) is 11.0 Å². The maximum Gasteiger partial charge on any atom is 0.307 e. The molecule has 1 aromatic heterocycles. The highest BCUT2D eigenvalue weighted by Gasteiger charge is 2.41. The van der Waals surface area contributed by atoms with Crippen LogP contribution in [0.1, 0.15) is 64.4 Å². The van der Waals surface area contributed by atoms with Crippen molar-refractivity contribution in [1.29, 1.82) is 0 Å². The molecule has 1 amide bonds. The lowest BCUT2D eigenvalue weighted by atomic mass is 9.69. The number of aromatic amines is 1. The lowest BCUT2D eigenvalue weighted by Crippen LogP contribution is -2.37. The number of imidazole rings is 1. The van der Waals surface area contributed by atoms with Crippen molar-refractivity contribution in [2.24, 2.45) is 11.3 Å². The largest absolute Gasteiger partial charge is 0.481 e. The predicted molar refractivity (Wildman–Crippen MR) is 153 cm³/mol. The van der Waals surface area contributed by atoms with Gasteiger partial charge in [-0.1, -0.05) is 57.5 Å². The number of amides is 1. The Morgan fingerprint density at radius 2 is 1.82 bits per heavy atom. The third-order valence-corrected chi connectivity index (χ3v) is 7.42. The van der Waals surface area contributed by atoms with Gasteiger partial charge in [0.05, 0.1) is 17.0 Å². The first-order chi connectivity index (χ1) is 18.3. The first-order valence-electron chi connectivity index (χ1n) is 13.8. The molecule has 4 N–H and O–H groups in total. The van der Waals surface area contributed by atoms with Crippen LogP contribution in [0.15, 0.2) is 48.5 Å². The third kappa shape index (κ3) is 6.72. The lowest BCUT2D eigenvalue weighted by molar-refractivity contribution is -0.147. The number of aliphatic carboxylic acids is 1. The number of nitrogens with one attached hydrogen (secondary N) is 3. The van der Waals surface area contributed by atoms with Gasteiger partial charge in [0.15, 0.2) is 0 Å². The Labute approximate surface area is 225 Å². The van der Waals surface area contributed by atoms with E-state index in [1.54, 1.807) is 0 Å². The Bertz CT molecular complexity index is 1200. The molecular weight excluding hydrogens is 478 g/mol. The van der Waals surface area contributed by atoms with Crippen LogP contribution >= 0.6 is 0 Å². The van der Waals surface area contributed by atoms with Crippen LogP contribution in [0.4, 0.5) is 11.6 Å². The fraction of sp³-hybridized carbons (Fsp3) is 0.500. The fourth-order valence-corrected chi connectivity index (χ4v) is 5.60. The SMILES string of the molecule is CC(C)(C)C(C(=O)O)C1CCC(=O)N(CCNCCCCCNc2nc3ccccc3[nH]2)c2ccccc21. The second-order valence-electron chi connectivity index (χ2n) is 11.3. The normalized spacial score (nSPS) is 16.8. The van der Waals surface area contributed by atoms with Crippen molar-refractivity contribution in [1.82, 2.24) is 15.3 Å². The maximum atomic E-state index is 13.1. The van der Waals surface area contributed by atoms with Crippen LogP contribution in [-0.4, -0.2) is 53.1 Å². The van der Waals surface area contributed by atoms with E-state index in [2.05, 4.69) is 20.6 Å². The summed E-state index contributed by atoms with van der Waals surface area (Å²) in [4.78, 5) is 35.0. The zero-order chi connectivity index (χ0) is 27.1. The summed E-state index contributed by atoms with van der Waals surface area (Å²) in [6.07, 6.45) is 4.11. The average molecular weight is 520 g/mol. The highest BCUT2D eigenvalue weighted by molar-refractivity contribution is 5.95. The van der Waals surface area contributed by atoms with Crippen molar-refractivity contribution < 1.29 is 14.7 Å². The van der Waals surface area contributed by atoms with Crippen LogP contribution in [0, 0.1) is 11.3 Å². The number of carbonyl (C=O) groups excluding carboxylic acids is 1. The number of carboxylic acid groups (broad SMARTS) is 1. The van der Waals surface area contributed by atoms with E-state index in [0.717, 1.165) is 60.6 Å². The van der Waals surface area contributed by atoms with E-state index < -0.39 is 17.3 Å². The molecule has 8 nitrogen and oxygen atoms in total. The van der Waals surface area contributed by atoms with E-state index >= 15 is 0 Å². The molecule has 0 bridgehead atoms. The van der Waals surface area contributed by atoms with E-state index in [-0.39, 0.29) is 11.8 Å². The van der Waals surface area contributed by atoms with Crippen molar-refractivity contribution in [2.45, 2.75) is 58.8 Å². The molecule has 3 aromatic rings. The van der Waals surface area contributed by atoms with Gasteiger partial charge >= 0.3 is 5.97 Å². The monoisotopic (exact) mass is 519 g/mol. The van der Waals surface area contributed by atoms with Gasteiger partial charge in [0, 0.05) is 37.7 Å². The number of para-hydroxylation sites is 3. The van der Waals surface area contributed by atoms with E-state index in [1.165, 1.54) is 0 Å². The molecule has 0 saturated carbocycles. The van der Waals surface area contributed by atoms with Gasteiger partial charge in [0.25, 0.3) is 0 Å². The Kier molecular flexibility index (Phi) is 9.05. The summed E-state index contributed by atoms with van der Waals surface area (Å²) in [5, 5.41) is 16.9. The van der Waals surface area contributed by atoms with E-state index in [9.17, 15) is 14.7 Å². The molecule has 1 aliphatic rings.